The molecule has 2 N–H and O–H groups in total. The number of carbonyl (C=O) groups excluding carboxylic acids is 1. The minimum absolute atomic E-state index is 0.219. The molecule has 21 heavy (non-hydrogen) atoms. The van der Waals surface area contributed by atoms with Crippen molar-refractivity contribution in [3.05, 3.63) is 58.2 Å². The third kappa shape index (κ3) is 1.68. The van der Waals surface area contributed by atoms with E-state index in [1.165, 1.54) is 12.1 Å². The van der Waals surface area contributed by atoms with E-state index < -0.39 is 0 Å². The minimum Gasteiger partial charge on any atom is -0.456 e. The van der Waals surface area contributed by atoms with Gasteiger partial charge >= 0.3 is 5.97 Å². The van der Waals surface area contributed by atoms with Crippen molar-refractivity contribution in [1.29, 1.82) is 0 Å². The summed E-state index contributed by atoms with van der Waals surface area (Å²) in [7, 11) is 0. The molecule has 0 spiro atoms. The highest BCUT2D eigenvalue weighted by Crippen LogP contribution is 2.44. The molecule has 1 atom stereocenters. The number of carbonyl (C=O) groups is 1. The zero-order chi connectivity index (χ0) is 14.6. The maximum absolute atomic E-state index is 13.2. The van der Waals surface area contributed by atoms with Crippen LogP contribution in [0.5, 0.6) is 0 Å². The first-order chi connectivity index (χ1) is 10.1. The fourth-order valence-electron chi connectivity index (χ4n) is 2.97. The number of aromatic amines is 1. The number of aryl methyl sites for hydroxylation is 1. The maximum Gasteiger partial charge on any atom is 0.337 e. The first-order valence-electron chi connectivity index (χ1n) is 6.62. The predicted molar refractivity (Wildman–Crippen MR) is 73.2 cm³/mol. The monoisotopic (exact) mass is 285 g/mol. The first kappa shape index (κ1) is 12.1. The van der Waals surface area contributed by atoms with Crippen molar-refractivity contribution in [2.75, 3.05) is 11.9 Å². The van der Waals surface area contributed by atoms with Crippen molar-refractivity contribution in [3.8, 4) is 0 Å². The average molecular weight is 285 g/mol. The third-order valence-electron chi connectivity index (χ3n) is 3.94. The lowest BCUT2D eigenvalue weighted by Gasteiger charge is -2.24. The van der Waals surface area contributed by atoms with Crippen LogP contribution in [0.2, 0.25) is 0 Å². The Kier molecular flexibility index (Phi) is 2.42. The van der Waals surface area contributed by atoms with Gasteiger partial charge in [-0.1, -0.05) is 12.1 Å². The van der Waals surface area contributed by atoms with Gasteiger partial charge in [0.2, 0.25) is 0 Å². The topological polar surface area (TPSA) is 67.0 Å². The highest BCUT2D eigenvalue weighted by atomic mass is 19.1. The second-order valence-corrected chi connectivity index (χ2v) is 5.19. The lowest BCUT2D eigenvalue weighted by Crippen LogP contribution is -2.19. The van der Waals surface area contributed by atoms with E-state index in [-0.39, 0.29) is 24.3 Å². The second kappa shape index (κ2) is 4.18. The Morgan fingerprint density at radius 2 is 2.10 bits per heavy atom. The predicted octanol–water partition coefficient (Wildman–Crippen LogP) is 2.23. The van der Waals surface area contributed by atoms with E-state index in [9.17, 15) is 9.18 Å². The summed E-state index contributed by atoms with van der Waals surface area (Å²) in [5.74, 6) is -0.234. The van der Waals surface area contributed by atoms with Gasteiger partial charge < -0.3 is 10.1 Å². The Morgan fingerprint density at radius 3 is 2.86 bits per heavy atom. The number of benzene rings is 1. The molecule has 0 radical (unpaired) electrons. The first-order valence-corrected chi connectivity index (χ1v) is 6.62. The van der Waals surface area contributed by atoms with Gasteiger partial charge in [-0.2, -0.15) is 5.10 Å². The summed E-state index contributed by atoms with van der Waals surface area (Å²) < 4.78 is 18.3. The summed E-state index contributed by atoms with van der Waals surface area (Å²) in [5, 5.41) is 10.3. The average Bonchev–Trinajstić information content (AvgIpc) is 3.03. The highest BCUT2D eigenvalue weighted by Gasteiger charge is 2.40. The molecule has 3 heterocycles. The third-order valence-corrected chi connectivity index (χ3v) is 3.94. The normalized spacial score (nSPS) is 19.9. The summed E-state index contributed by atoms with van der Waals surface area (Å²) in [5.41, 5.74) is 3.93. The Balaban J connectivity index is 1.94. The SMILES string of the molecule is Cc1[nH]nc2c1[C@H](c1ccc(F)cc1)C1=C(COC1=O)N2. The van der Waals surface area contributed by atoms with Gasteiger partial charge in [0.25, 0.3) is 0 Å². The molecular formula is C15H12FN3O2. The van der Waals surface area contributed by atoms with E-state index in [4.69, 9.17) is 4.74 Å². The van der Waals surface area contributed by atoms with Gasteiger partial charge in [0.05, 0.1) is 11.3 Å². The zero-order valence-electron chi connectivity index (χ0n) is 11.2. The van der Waals surface area contributed by atoms with E-state index in [0.29, 0.717) is 11.4 Å². The van der Waals surface area contributed by atoms with Crippen LogP contribution in [0.1, 0.15) is 22.7 Å². The number of nitrogens with one attached hydrogen (secondary N) is 2. The minimum atomic E-state index is -0.335. The number of halogens is 1. The summed E-state index contributed by atoms with van der Waals surface area (Å²) in [6.07, 6.45) is 0. The van der Waals surface area contributed by atoms with Crippen LogP contribution in [0.3, 0.4) is 0 Å². The van der Waals surface area contributed by atoms with Gasteiger partial charge in [-0.05, 0) is 24.6 Å². The quantitative estimate of drug-likeness (QED) is 0.788. The Hall–Kier alpha value is -2.63. The number of nitrogens with zero attached hydrogens (tertiary/aromatic N) is 1. The molecule has 2 aromatic rings. The molecule has 4 rings (SSSR count). The molecule has 0 bridgehead atoms. The van der Waals surface area contributed by atoms with Crippen LogP contribution in [0.25, 0.3) is 0 Å². The smallest absolute Gasteiger partial charge is 0.337 e. The van der Waals surface area contributed by atoms with E-state index in [1.54, 1.807) is 12.1 Å². The second-order valence-electron chi connectivity index (χ2n) is 5.19. The fraction of sp³-hybridized carbons (Fsp3) is 0.200. The lowest BCUT2D eigenvalue weighted by atomic mass is 9.82. The van der Waals surface area contributed by atoms with Crippen molar-refractivity contribution in [2.45, 2.75) is 12.8 Å². The summed E-state index contributed by atoms with van der Waals surface area (Å²) >= 11 is 0. The van der Waals surface area contributed by atoms with Gasteiger partial charge in [0, 0.05) is 17.2 Å². The number of hydrogen-bond acceptors (Lipinski definition) is 4. The Bertz CT molecular complexity index is 777. The molecule has 0 amide bonds. The van der Waals surface area contributed by atoms with Gasteiger partial charge in [0.1, 0.15) is 12.4 Å². The number of fused-ring (bicyclic) bond motifs is 1. The Labute approximate surface area is 119 Å². The van der Waals surface area contributed by atoms with Gasteiger partial charge in [-0.3, -0.25) is 5.10 Å². The number of aromatic nitrogens is 2. The van der Waals surface area contributed by atoms with Crippen LogP contribution < -0.4 is 5.32 Å². The number of cyclic esters (lactones) is 1. The van der Waals surface area contributed by atoms with Crippen molar-refractivity contribution >= 4 is 11.8 Å². The largest absolute Gasteiger partial charge is 0.456 e. The molecule has 0 aliphatic carbocycles. The molecule has 6 heteroatoms. The number of ether oxygens (including phenoxy) is 1. The van der Waals surface area contributed by atoms with Gasteiger partial charge in [0.15, 0.2) is 5.82 Å². The number of hydrogen-bond donors (Lipinski definition) is 2. The molecule has 0 fully saturated rings. The lowest BCUT2D eigenvalue weighted by molar-refractivity contribution is -0.136. The maximum atomic E-state index is 13.2. The fourth-order valence-corrected chi connectivity index (χ4v) is 2.97. The standard InChI is InChI=1S/C15H12FN3O2/c1-7-11-12(8-2-4-9(16)5-3-8)13-10(6-21-15(13)20)17-14(11)19-18-7/h2-5,12H,6H2,1H3,(H2,17,18,19)/t12-/m0/s1. The molecule has 0 saturated heterocycles. The highest BCUT2D eigenvalue weighted by molar-refractivity contribution is 5.97. The molecule has 0 unspecified atom stereocenters. The van der Waals surface area contributed by atoms with Crippen molar-refractivity contribution in [3.63, 3.8) is 0 Å². The summed E-state index contributed by atoms with van der Waals surface area (Å²) in [4.78, 5) is 12.1. The van der Waals surface area contributed by atoms with Crippen LogP contribution >= 0.6 is 0 Å². The Morgan fingerprint density at radius 1 is 1.33 bits per heavy atom. The molecule has 0 saturated carbocycles. The van der Waals surface area contributed by atoms with E-state index in [0.717, 1.165) is 22.5 Å². The van der Waals surface area contributed by atoms with E-state index in [2.05, 4.69) is 15.5 Å². The van der Waals surface area contributed by atoms with Crippen LogP contribution in [0, 0.1) is 12.7 Å². The summed E-state index contributed by atoms with van der Waals surface area (Å²) in [6.45, 7) is 2.12. The molecule has 2 aliphatic heterocycles. The van der Waals surface area contributed by atoms with E-state index in [1.807, 2.05) is 6.92 Å². The molecular weight excluding hydrogens is 273 g/mol. The van der Waals surface area contributed by atoms with Crippen LogP contribution in [0.4, 0.5) is 10.2 Å². The van der Waals surface area contributed by atoms with Crippen molar-refractivity contribution in [1.82, 2.24) is 10.2 Å². The summed E-state index contributed by atoms with van der Waals surface area (Å²) in [6, 6.07) is 6.18. The number of esters is 1. The molecule has 1 aromatic heterocycles. The molecule has 2 aliphatic rings. The zero-order valence-corrected chi connectivity index (χ0v) is 11.2. The van der Waals surface area contributed by atoms with E-state index >= 15 is 0 Å². The molecule has 5 nitrogen and oxygen atoms in total. The van der Waals surface area contributed by atoms with Crippen LogP contribution in [-0.2, 0) is 9.53 Å². The van der Waals surface area contributed by atoms with Crippen LogP contribution in [0.15, 0.2) is 35.5 Å². The van der Waals surface area contributed by atoms with Crippen LogP contribution in [-0.4, -0.2) is 22.8 Å². The van der Waals surface area contributed by atoms with Crippen molar-refractivity contribution < 1.29 is 13.9 Å². The number of H-pyrrole nitrogens is 1. The molecule has 106 valence electrons. The van der Waals surface area contributed by atoms with Gasteiger partial charge in [-0.15, -0.1) is 0 Å². The molecule has 1 aromatic carbocycles. The number of anilines is 1. The van der Waals surface area contributed by atoms with Gasteiger partial charge in [-0.25, -0.2) is 9.18 Å². The number of rotatable bonds is 1. The van der Waals surface area contributed by atoms with Crippen molar-refractivity contribution in [2.24, 2.45) is 0 Å².